The number of benzene rings is 8. The molecule has 3 heteroatoms. The Balaban J connectivity index is 1.10. The molecule has 0 radical (unpaired) electrons. The lowest BCUT2D eigenvalue weighted by Gasteiger charge is -2.32. The predicted octanol–water partition coefficient (Wildman–Crippen LogP) is 14.0. The molecule has 0 bridgehead atoms. The monoisotopic (exact) mass is 718 g/mol. The summed E-state index contributed by atoms with van der Waals surface area (Å²) in [6.07, 6.45) is 0. The van der Waals surface area contributed by atoms with Gasteiger partial charge in [0.25, 0.3) is 0 Å². The lowest BCUT2D eigenvalue weighted by molar-refractivity contribution is 0.793. The first kappa shape index (κ1) is 30.7. The zero-order valence-electron chi connectivity index (χ0n) is 30.0. The molecule has 1 aliphatic heterocycles. The molecule has 12 rings (SSSR count). The third-order valence-electron chi connectivity index (χ3n) is 12.1. The van der Waals surface area contributed by atoms with Crippen molar-refractivity contribution >= 4 is 44.2 Å². The molecular weight excluding hydrogens is 685 g/mol. The maximum absolute atomic E-state index is 3.66. The second-order valence-electron chi connectivity index (χ2n) is 14.8. The molecule has 55 heavy (non-hydrogen) atoms. The smallest absolute Gasteiger partial charge is 0.0726 e. The van der Waals surface area contributed by atoms with Crippen molar-refractivity contribution in [2.24, 2.45) is 0 Å². The van der Waals surface area contributed by atoms with Gasteiger partial charge in [0.05, 0.1) is 12.0 Å². The Hall–Kier alpha value is -6.68. The highest BCUT2D eigenvalue weighted by Crippen LogP contribution is 2.63. The number of anilines is 4. The maximum Gasteiger partial charge on any atom is 0.0726 e. The number of para-hydroxylation sites is 1. The average Bonchev–Trinajstić information content (AvgIpc) is 3.88. The molecule has 0 atom stereocenters. The van der Waals surface area contributed by atoms with Crippen molar-refractivity contribution in [3.05, 3.63) is 215 Å². The third kappa shape index (κ3) is 4.30. The van der Waals surface area contributed by atoms with E-state index in [2.05, 4.69) is 198 Å². The predicted molar refractivity (Wildman–Crippen MR) is 231 cm³/mol. The number of thiophene rings is 1. The van der Waals surface area contributed by atoms with Crippen molar-refractivity contribution < 1.29 is 0 Å². The van der Waals surface area contributed by atoms with Crippen LogP contribution in [0.2, 0.25) is 0 Å². The molecule has 0 amide bonds. The Bertz CT molecular complexity index is 2930. The number of fused-ring (bicyclic) bond motifs is 15. The average molecular weight is 719 g/mol. The van der Waals surface area contributed by atoms with Gasteiger partial charge in [0.15, 0.2) is 0 Å². The molecule has 0 fully saturated rings. The van der Waals surface area contributed by atoms with E-state index in [1.807, 2.05) is 11.3 Å². The van der Waals surface area contributed by atoms with Crippen molar-refractivity contribution in [3.8, 4) is 44.5 Å². The maximum atomic E-state index is 3.66. The minimum absolute atomic E-state index is 0.412. The van der Waals surface area contributed by atoms with Crippen LogP contribution in [0.1, 0.15) is 27.1 Å². The number of hydrogen-bond acceptors (Lipinski definition) is 3. The van der Waals surface area contributed by atoms with Crippen LogP contribution in [0.15, 0.2) is 188 Å². The van der Waals surface area contributed by atoms with E-state index in [1.54, 1.807) is 0 Å². The van der Waals surface area contributed by atoms with Crippen LogP contribution in [-0.2, 0) is 12.0 Å². The molecular formula is C52H34N2S. The zero-order valence-corrected chi connectivity index (χ0v) is 30.8. The third-order valence-corrected chi connectivity index (χ3v) is 13.3. The van der Waals surface area contributed by atoms with Gasteiger partial charge in [0, 0.05) is 48.8 Å². The van der Waals surface area contributed by atoms with Crippen molar-refractivity contribution in [1.82, 2.24) is 0 Å². The minimum atomic E-state index is -0.412. The minimum Gasteiger partial charge on any atom is -0.380 e. The van der Waals surface area contributed by atoms with Crippen molar-refractivity contribution in [1.29, 1.82) is 0 Å². The summed E-state index contributed by atoms with van der Waals surface area (Å²) in [7, 11) is 0. The summed E-state index contributed by atoms with van der Waals surface area (Å²) in [4.78, 5) is 3.86. The van der Waals surface area contributed by atoms with Crippen LogP contribution in [0.3, 0.4) is 0 Å². The summed E-state index contributed by atoms with van der Waals surface area (Å²) in [5.41, 5.74) is 19.9. The van der Waals surface area contributed by atoms with Crippen LogP contribution in [0.5, 0.6) is 0 Å². The van der Waals surface area contributed by atoms with Crippen molar-refractivity contribution in [3.63, 3.8) is 0 Å². The van der Waals surface area contributed by atoms with Gasteiger partial charge in [-0.25, -0.2) is 0 Å². The highest BCUT2D eigenvalue weighted by Gasteiger charge is 2.51. The topological polar surface area (TPSA) is 15.3 Å². The number of nitrogens with one attached hydrogen (secondary N) is 1. The second kappa shape index (κ2) is 11.7. The molecule has 1 spiro atoms. The highest BCUT2D eigenvalue weighted by atomic mass is 32.1. The molecule has 3 aliphatic rings. The molecule has 2 heterocycles. The summed E-state index contributed by atoms with van der Waals surface area (Å²) in [5, 5.41) is 4.96. The Morgan fingerprint density at radius 3 is 1.65 bits per heavy atom. The van der Waals surface area contributed by atoms with Crippen LogP contribution < -0.4 is 10.2 Å². The molecule has 2 aliphatic carbocycles. The fraction of sp³-hybridized carbons (Fsp3) is 0.0385. The lowest BCUT2D eigenvalue weighted by Crippen LogP contribution is -2.26. The fourth-order valence-electron chi connectivity index (χ4n) is 9.83. The molecule has 0 unspecified atom stereocenters. The molecule has 1 N–H and O–H groups in total. The van der Waals surface area contributed by atoms with E-state index in [4.69, 9.17) is 0 Å². The standard InChI is InChI=1S/C52H34N2S/c1-2-12-33(13-3-1)34-22-24-35(25-23-34)54(36-27-29-49-43(30-36)51-42-17-7-11-21-48(42)53-32-50(51)55-49)37-26-28-41-40-16-6-10-20-46(40)52(47(41)31-37)44-18-8-4-14-38(44)39-15-5-9-19-45(39)52/h1-31,53H,32H2. The molecule has 0 saturated carbocycles. The molecule has 9 aromatic rings. The summed E-state index contributed by atoms with van der Waals surface area (Å²) < 4.78 is 1.31. The normalized spacial score (nSPS) is 13.7. The molecule has 258 valence electrons. The molecule has 1 aromatic heterocycles. The summed E-state index contributed by atoms with van der Waals surface area (Å²) in [6, 6.07) is 69.9. The van der Waals surface area contributed by atoms with Gasteiger partial charge >= 0.3 is 0 Å². The van der Waals surface area contributed by atoms with Crippen LogP contribution in [0.25, 0.3) is 54.6 Å². The number of hydrogen-bond donors (Lipinski definition) is 1. The zero-order chi connectivity index (χ0) is 36.1. The summed E-state index contributed by atoms with van der Waals surface area (Å²) >= 11 is 1.90. The van der Waals surface area contributed by atoms with E-state index in [0.717, 1.165) is 23.6 Å². The van der Waals surface area contributed by atoms with Crippen molar-refractivity contribution in [2.45, 2.75) is 12.0 Å². The van der Waals surface area contributed by atoms with E-state index in [1.165, 1.54) is 87.4 Å². The first-order chi connectivity index (χ1) is 27.3. The van der Waals surface area contributed by atoms with E-state index in [0.29, 0.717) is 0 Å². The van der Waals surface area contributed by atoms with Crippen LogP contribution in [0.4, 0.5) is 22.7 Å². The van der Waals surface area contributed by atoms with Gasteiger partial charge < -0.3 is 10.2 Å². The first-order valence-corrected chi connectivity index (χ1v) is 19.9. The van der Waals surface area contributed by atoms with Gasteiger partial charge in [-0.1, -0.05) is 140 Å². The molecule has 8 aromatic carbocycles. The second-order valence-corrected chi connectivity index (χ2v) is 16.0. The summed E-state index contributed by atoms with van der Waals surface area (Å²) in [5.74, 6) is 0. The molecule has 0 saturated heterocycles. The number of nitrogens with zero attached hydrogens (tertiary/aromatic N) is 1. The largest absolute Gasteiger partial charge is 0.380 e. The Morgan fingerprint density at radius 1 is 0.436 bits per heavy atom. The van der Waals surface area contributed by atoms with Crippen LogP contribution >= 0.6 is 11.3 Å². The Labute approximate surface area is 324 Å². The highest BCUT2D eigenvalue weighted by molar-refractivity contribution is 7.19. The fourth-order valence-corrected chi connectivity index (χ4v) is 11.0. The first-order valence-electron chi connectivity index (χ1n) is 19.1. The van der Waals surface area contributed by atoms with Gasteiger partial charge in [-0.05, 0) is 104 Å². The van der Waals surface area contributed by atoms with E-state index < -0.39 is 5.41 Å². The van der Waals surface area contributed by atoms with Gasteiger partial charge in [0.1, 0.15) is 0 Å². The van der Waals surface area contributed by atoms with Crippen LogP contribution in [-0.4, -0.2) is 0 Å². The van der Waals surface area contributed by atoms with Gasteiger partial charge in [-0.3, -0.25) is 0 Å². The summed E-state index contributed by atoms with van der Waals surface area (Å²) in [6.45, 7) is 0.849. The quantitative estimate of drug-likeness (QED) is 0.195. The Kier molecular flexibility index (Phi) is 6.52. The van der Waals surface area contributed by atoms with E-state index in [-0.39, 0.29) is 0 Å². The van der Waals surface area contributed by atoms with E-state index >= 15 is 0 Å². The number of rotatable bonds is 4. The Morgan fingerprint density at radius 2 is 0.964 bits per heavy atom. The van der Waals surface area contributed by atoms with Gasteiger partial charge in [0.2, 0.25) is 0 Å². The van der Waals surface area contributed by atoms with Crippen LogP contribution in [0, 0.1) is 0 Å². The van der Waals surface area contributed by atoms with Crippen molar-refractivity contribution in [2.75, 3.05) is 10.2 Å². The van der Waals surface area contributed by atoms with Gasteiger partial charge in [-0.15, -0.1) is 11.3 Å². The SMILES string of the molecule is c1ccc(-c2ccc(N(c3ccc4c(c3)C3(c5ccccc5-c5ccccc53)c3ccccc3-4)c3ccc4sc5c(c4c3)-c3ccccc3NC5)cc2)cc1. The van der Waals surface area contributed by atoms with Gasteiger partial charge in [-0.2, -0.15) is 0 Å². The van der Waals surface area contributed by atoms with E-state index in [9.17, 15) is 0 Å². The molecule has 2 nitrogen and oxygen atoms in total. The lowest BCUT2D eigenvalue weighted by atomic mass is 9.70.